The summed E-state index contributed by atoms with van der Waals surface area (Å²) in [7, 11) is 1.56. The lowest BCUT2D eigenvalue weighted by atomic mass is 9.83. The molecule has 0 saturated heterocycles. The van der Waals surface area contributed by atoms with Crippen molar-refractivity contribution in [3.8, 4) is 0 Å². The summed E-state index contributed by atoms with van der Waals surface area (Å²) >= 11 is 0. The largest absolute Gasteiger partial charge is 0.444 e. The van der Waals surface area contributed by atoms with Crippen LogP contribution in [-0.4, -0.2) is 43.1 Å². The van der Waals surface area contributed by atoms with E-state index in [0.717, 1.165) is 31.6 Å². The normalized spacial score (nSPS) is 15.0. The third-order valence-electron chi connectivity index (χ3n) is 3.76. The topological polar surface area (TPSA) is 96.5 Å². The van der Waals surface area contributed by atoms with Crippen molar-refractivity contribution < 1.29 is 19.1 Å². The first-order valence-corrected chi connectivity index (χ1v) is 10.9. The molecular weight excluding hydrogens is 370 g/mol. The van der Waals surface area contributed by atoms with Gasteiger partial charge in [-0.15, -0.1) is 0 Å². The van der Waals surface area contributed by atoms with Crippen LogP contribution in [0.2, 0.25) is 0 Å². The van der Waals surface area contributed by atoms with E-state index in [9.17, 15) is 14.4 Å². The monoisotopic (exact) mass is 415 g/mol. The van der Waals surface area contributed by atoms with E-state index in [-0.39, 0.29) is 18.4 Å². The molecule has 172 valence electrons. The predicted molar refractivity (Wildman–Crippen MR) is 119 cm³/mol. The third-order valence-corrected chi connectivity index (χ3v) is 3.76. The molecule has 3 amide bonds. The molecule has 0 spiro atoms. The van der Waals surface area contributed by atoms with Crippen LogP contribution in [0.15, 0.2) is 0 Å². The maximum absolute atomic E-state index is 12.0. The standard InChI is InChI=1S/C16H29N3O4.C4H10.C2H6/c1-16(2,3)23-15(22)18-10-12(20)19-13(14(21)17-4)11-8-6-5-7-9-11;1-4(2)3;1-2/h11,13H,5-10H2,1-4H3,(H,17,21)(H,18,22)(H,19,20);4H,1-3H3;1-2H3. The van der Waals surface area contributed by atoms with E-state index >= 15 is 0 Å². The van der Waals surface area contributed by atoms with Crippen LogP contribution < -0.4 is 16.0 Å². The zero-order valence-corrected chi connectivity index (χ0v) is 20.1. The minimum absolute atomic E-state index is 0.147. The molecule has 7 heteroatoms. The van der Waals surface area contributed by atoms with Gasteiger partial charge >= 0.3 is 6.09 Å². The van der Waals surface area contributed by atoms with E-state index in [1.807, 2.05) is 13.8 Å². The Hall–Kier alpha value is -1.79. The molecule has 1 saturated carbocycles. The fourth-order valence-corrected chi connectivity index (χ4v) is 2.71. The van der Waals surface area contributed by atoms with Gasteiger partial charge in [0.15, 0.2) is 0 Å². The number of carbonyl (C=O) groups excluding carboxylic acids is 3. The first-order chi connectivity index (χ1) is 13.5. The average Bonchev–Trinajstić information content (AvgIpc) is 2.64. The average molecular weight is 416 g/mol. The van der Waals surface area contributed by atoms with E-state index in [1.54, 1.807) is 27.8 Å². The van der Waals surface area contributed by atoms with Gasteiger partial charge in [-0.2, -0.15) is 0 Å². The minimum Gasteiger partial charge on any atom is -0.444 e. The summed E-state index contributed by atoms with van der Waals surface area (Å²) < 4.78 is 5.07. The van der Waals surface area contributed by atoms with Crippen molar-refractivity contribution in [2.45, 2.75) is 99.1 Å². The van der Waals surface area contributed by atoms with Gasteiger partial charge < -0.3 is 20.7 Å². The van der Waals surface area contributed by atoms with E-state index in [2.05, 4.69) is 36.7 Å². The Bertz CT molecular complexity index is 464. The second kappa shape index (κ2) is 16.1. The lowest BCUT2D eigenvalue weighted by molar-refractivity contribution is -0.130. The molecule has 1 unspecified atom stereocenters. The minimum atomic E-state index is -0.651. The van der Waals surface area contributed by atoms with Gasteiger partial charge in [0.05, 0.1) is 0 Å². The number of carbonyl (C=O) groups is 3. The first-order valence-electron chi connectivity index (χ1n) is 10.9. The fourth-order valence-electron chi connectivity index (χ4n) is 2.71. The summed E-state index contributed by atoms with van der Waals surface area (Å²) in [5, 5.41) is 7.73. The van der Waals surface area contributed by atoms with Crippen LogP contribution in [-0.2, 0) is 14.3 Å². The summed E-state index contributed by atoms with van der Waals surface area (Å²) in [6.07, 6.45) is 4.52. The summed E-state index contributed by atoms with van der Waals surface area (Å²) in [5.74, 6) is 0.395. The molecule has 1 aliphatic rings. The number of amides is 3. The molecule has 0 bridgehead atoms. The number of hydrogen-bond acceptors (Lipinski definition) is 4. The van der Waals surface area contributed by atoms with E-state index < -0.39 is 23.6 Å². The van der Waals surface area contributed by atoms with Crippen LogP contribution in [0, 0.1) is 11.8 Å². The number of rotatable bonds is 5. The third kappa shape index (κ3) is 16.8. The van der Waals surface area contributed by atoms with Gasteiger partial charge in [0.1, 0.15) is 18.2 Å². The highest BCUT2D eigenvalue weighted by Crippen LogP contribution is 2.26. The molecule has 1 aliphatic carbocycles. The van der Waals surface area contributed by atoms with E-state index in [4.69, 9.17) is 4.74 Å². The van der Waals surface area contributed by atoms with Gasteiger partial charge in [-0.05, 0) is 45.4 Å². The SMILES string of the molecule is CC.CC(C)C.CNC(=O)C(NC(=O)CNC(=O)OC(C)(C)C)C1CCCCC1. The Kier molecular flexibility index (Phi) is 16.3. The summed E-state index contributed by atoms with van der Waals surface area (Å²) in [6.45, 7) is 15.5. The quantitative estimate of drug-likeness (QED) is 0.632. The first kappa shape index (κ1) is 29.4. The van der Waals surface area contributed by atoms with Crippen LogP contribution in [0.4, 0.5) is 4.79 Å². The summed E-state index contributed by atoms with van der Waals surface area (Å²) in [5.41, 5.74) is -0.618. The molecule has 1 atom stereocenters. The number of likely N-dealkylation sites (N-methyl/N-ethyl adjacent to an activating group) is 1. The van der Waals surface area contributed by atoms with Gasteiger partial charge in [0, 0.05) is 7.05 Å². The van der Waals surface area contributed by atoms with Crippen molar-refractivity contribution in [2.75, 3.05) is 13.6 Å². The van der Waals surface area contributed by atoms with Crippen molar-refractivity contribution in [1.29, 1.82) is 0 Å². The molecule has 3 N–H and O–H groups in total. The molecule has 1 rings (SSSR count). The molecule has 29 heavy (non-hydrogen) atoms. The molecule has 0 heterocycles. The second-order valence-corrected chi connectivity index (χ2v) is 8.65. The second-order valence-electron chi connectivity index (χ2n) is 8.65. The molecule has 7 nitrogen and oxygen atoms in total. The van der Waals surface area contributed by atoms with Gasteiger partial charge in [-0.25, -0.2) is 4.79 Å². The highest BCUT2D eigenvalue weighted by Gasteiger charge is 2.30. The molecule has 0 aliphatic heterocycles. The van der Waals surface area contributed by atoms with Crippen molar-refractivity contribution in [3.63, 3.8) is 0 Å². The number of hydrogen-bond donors (Lipinski definition) is 3. The zero-order valence-electron chi connectivity index (χ0n) is 20.1. The Morgan fingerprint density at radius 2 is 1.48 bits per heavy atom. The maximum atomic E-state index is 12.0. The van der Waals surface area contributed by atoms with E-state index in [1.165, 1.54) is 6.42 Å². The Morgan fingerprint density at radius 1 is 1.00 bits per heavy atom. The van der Waals surface area contributed by atoms with Gasteiger partial charge in [-0.3, -0.25) is 9.59 Å². The van der Waals surface area contributed by atoms with Crippen LogP contribution >= 0.6 is 0 Å². The molecule has 0 aromatic heterocycles. The maximum Gasteiger partial charge on any atom is 0.408 e. The molecule has 0 radical (unpaired) electrons. The van der Waals surface area contributed by atoms with Gasteiger partial charge in [-0.1, -0.05) is 53.9 Å². The number of ether oxygens (including phenoxy) is 1. The van der Waals surface area contributed by atoms with E-state index in [0.29, 0.717) is 0 Å². The molecule has 0 aromatic rings. The number of alkyl carbamates (subject to hydrolysis) is 1. The predicted octanol–water partition coefficient (Wildman–Crippen LogP) is 4.01. The number of nitrogens with one attached hydrogen (secondary N) is 3. The van der Waals surface area contributed by atoms with Crippen LogP contribution in [0.3, 0.4) is 0 Å². The Labute approximate surface area is 178 Å². The smallest absolute Gasteiger partial charge is 0.408 e. The van der Waals surface area contributed by atoms with Crippen molar-refractivity contribution in [2.24, 2.45) is 11.8 Å². The molecular formula is C22H45N3O4. The van der Waals surface area contributed by atoms with Gasteiger partial charge in [0.2, 0.25) is 11.8 Å². The molecule has 0 aromatic carbocycles. The summed E-state index contributed by atoms with van der Waals surface area (Å²) in [4.78, 5) is 35.6. The lowest BCUT2D eigenvalue weighted by Gasteiger charge is -2.29. The van der Waals surface area contributed by atoms with Gasteiger partial charge in [0.25, 0.3) is 0 Å². The van der Waals surface area contributed by atoms with Crippen LogP contribution in [0.5, 0.6) is 0 Å². The van der Waals surface area contributed by atoms with Crippen LogP contribution in [0.1, 0.15) is 87.5 Å². The lowest BCUT2D eigenvalue weighted by Crippen LogP contribution is -2.52. The van der Waals surface area contributed by atoms with Crippen molar-refractivity contribution in [1.82, 2.24) is 16.0 Å². The zero-order chi connectivity index (χ0) is 23.0. The van der Waals surface area contributed by atoms with Crippen molar-refractivity contribution >= 4 is 17.9 Å². The van der Waals surface area contributed by atoms with Crippen molar-refractivity contribution in [3.05, 3.63) is 0 Å². The summed E-state index contributed by atoms with van der Waals surface area (Å²) in [6, 6.07) is -0.548. The fraction of sp³-hybridized carbons (Fsp3) is 0.864. The highest BCUT2D eigenvalue weighted by atomic mass is 16.6. The molecule has 1 fully saturated rings. The Balaban J connectivity index is 0. The highest BCUT2D eigenvalue weighted by molar-refractivity contribution is 5.89. The van der Waals surface area contributed by atoms with Crippen LogP contribution in [0.25, 0.3) is 0 Å². The Morgan fingerprint density at radius 3 is 1.90 bits per heavy atom.